The van der Waals surface area contributed by atoms with Crippen molar-refractivity contribution in [3.05, 3.63) is 48.8 Å². The highest BCUT2D eigenvalue weighted by molar-refractivity contribution is 5.68. The number of benzene rings is 1. The fourth-order valence-corrected chi connectivity index (χ4v) is 2.85. The van der Waals surface area contributed by atoms with Crippen molar-refractivity contribution in [2.45, 2.75) is 19.9 Å². The van der Waals surface area contributed by atoms with Crippen LogP contribution in [0.25, 0.3) is 11.3 Å². The Morgan fingerprint density at radius 2 is 1.77 bits per heavy atom. The molecule has 3 aromatic rings. The minimum absolute atomic E-state index is 0.0198. The molecule has 158 valence electrons. The number of aromatic nitrogens is 3. The maximum absolute atomic E-state index is 9.69. The number of hydrogen-bond donors (Lipinski definition) is 3. The molecular weight excluding hydrogens is 382 g/mol. The molecule has 0 aliphatic carbocycles. The number of hydrogen-bond acceptors (Lipinski definition) is 8. The molecule has 3 rings (SSSR count). The van der Waals surface area contributed by atoms with Crippen LogP contribution >= 0.6 is 0 Å². The summed E-state index contributed by atoms with van der Waals surface area (Å²) in [6.45, 7) is 4.04. The van der Waals surface area contributed by atoms with Gasteiger partial charge in [-0.2, -0.15) is 4.98 Å². The number of rotatable bonds is 9. The SMILES string of the molecule is COc1cc(Nc2cc(-c3cccnc3)nc(N[C@H](CO)C(C)C)n2)cc(OC)c1. The monoisotopic (exact) mass is 409 g/mol. The van der Waals surface area contributed by atoms with Gasteiger partial charge in [0.1, 0.15) is 17.3 Å². The Kier molecular flexibility index (Phi) is 7.03. The number of nitrogens with zero attached hydrogens (tertiary/aromatic N) is 3. The van der Waals surface area contributed by atoms with E-state index in [1.807, 2.05) is 44.2 Å². The van der Waals surface area contributed by atoms with Crippen molar-refractivity contribution in [1.82, 2.24) is 15.0 Å². The lowest BCUT2D eigenvalue weighted by molar-refractivity contribution is 0.248. The predicted octanol–water partition coefficient (Wildman–Crippen LogP) is 3.73. The van der Waals surface area contributed by atoms with Gasteiger partial charge in [0.05, 0.1) is 32.6 Å². The maximum atomic E-state index is 9.69. The molecule has 1 atom stereocenters. The molecule has 2 aromatic heterocycles. The molecule has 30 heavy (non-hydrogen) atoms. The number of ether oxygens (including phenoxy) is 2. The Morgan fingerprint density at radius 1 is 1.03 bits per heavy atom. The highest BCUT2D eigenvalue weighted by Gasteiger charge is 2.15. The minimum Gasteiger partial charge on any atom is -0.497 e. The standard InChI is InChI=1S/C22H27N5O3/c1-14(2)20(13-28)26-22-25-19(15-6-5-7-23-12-15)11-21(27-22)24-16-8-17(29-3)10-18(9-16)30-4/h5-12,14,20,28H,13H2,1-4H3,(H2,24,25,26,27)/t20-/m1/s1. The van der Waals surface area contributed by atoms with E-state index in [2.05, 4.69) is 25.6 Å². The van der Waals surface area contributed by atoms with Crippen molar-refractivity contribution in [3.63, 3.8) is 0 Å². The van der Waals surface area contributed by atoms with Gasteiger partial charge in [-0.25, -0.2) is 4.98 Å². The summed E-state index contributed by atoms with van der Waals surface area (Å²) in [5, 5.41) is 16.2. The Hall–Kier alpha value is -3.39. The van der Waals surface area contributed by atoms with E-state index in [0.717, 1.165) is 11.3 Å². The normalized spacial score (nSPS) is 11.8. The zero-order chi connectivity index (χ0) is 21.5. The molecule has 2 heterocycles. The van der Waals surface area contributed by atoms with E-state index in [1.54, 1.807) is 32.7 Å². The van der Waals surface area contributed by atoms with Crippen LogP contribution in [-0.2, 0) is 0 Å². The average molecular weight is 409 g/mol. The molecule has 0 saturated carbocycles. The number of anilines is 3. The Labute approximate surface area is 176 Å². The number of nitrogens with one attached hydrogen (secondary N) is 2. The third kappa shape index (κ3) is 5.36. The third-order valence-corrected chi connectivity index (χ3v) is 4.62. The van der Waals surface area contributed by atoms with Gasteiger partial charge < -0.3 is 25.2 Å². The molecule has 1 aromatic carbocycles. The lowest BCUT2D eigenvalue weighted by Crippen LogP contribution is -2.30. The topological polar surface area (TPSA) is 101 Å². The zero-order valence-electron chi connectivity index (χ0n) is 17.6. The summed E-state index contributed by atoms with van der Waals surface area (Å²) >= 11 is 0. The highest BCUT2D eigenvalue weighted by atomic mass is 16.5. The lowest BCUT2D eigenvalue weighted by atomic mass is 10.1. The van der Waals surface area contributed by atoms with Gasteiger partial charge in [0.2, 0.25) is 5.95 Å². The van der Waals surface area contributed by atoms with Gasteiger partial charge in [0.25, 0.3) is 0 Å². The minimum atomic E-state index is -0.168. The Morgan fingerprint density at radius 3 is 2.33 bits per heavy atom. The van der Waals surface area contributed by atoms with Gasteiger partial charge in [0, 0.05) is 47.9 Å². The highest BCUT2D eigenvalue weighted by Crippen LogP contribution is 2.29. The van der Waals surface area contributed by atoms with E-state index in [-0.39, 0.29) is 18.6 Å². The first-order valence-corrected chi connectivity index (χ1v) is 9.69. The van der Waals surface area contributed by atoms with E-state index in [9.17, 15) is 5.11 Å². The summed E-state index contributed by atoms with van der Waals surface area (Å²) in [7, 11) is 3.21. The summed E-state index contributed by atoms with van der Waals surface area (Å²) in [6, 6.07) is 11.0. The quantitative estimate of drug-likeness (QED) is 0.491. The summed E-state index contributed by atoms with van der Waals surface area (Å²) in [4.78, 5) is 13.4. The van der Waals surface area contributed by atoms with Gasteiger partial charge in [-0.05, 0) is 18.1 Å². The van der Waals surface area contributed by atoms with Crippen molar-refractivity contribution in [2.24, 2.45) is 5.92 Å². The van der Waals surface area contributed by atoms with Gasteiger partial charge in [0.15, 0.2) is 0 Å². The summed E-state index contributed by atoms with van der Waals surface area (Å²) in [5.41, 5.74) is 2.33. The summed E-state index contributed by atoms with van der Waals surface area (Å²) in [5.74, 6) is 2.54. The number of aliphatic hydroxyl groups excluding tert-OH is 1. The lowest BCUT2D eigenvalue weighted by Gasteiger charge is -2.21. The van der Waals surface area contributed by atoms with E-state index < -0.39 is 0 Å². The molecule has 0 aliphatic rings. The zero-order valence-corrected chi connectivity index (χ0v) is 17.6. The van der Waals surface area contributed by atoms with Gasteiger partial charge >= 0.3 is 0 Å². The average Bonchev–Trinajstić information content (AvgIpc) is 2.77. The van der Waals surface area contributed by atoms with Crippen LogP contribution in [0.1, 0.15) is 13.8 Å². The van der Waals surface area contributed by atoms with Gasteiger partial charge in [-0.15, -0.1) is 0 Å². The molecule has 8 heteroatoms. The number of aliphatic hydroxyl groups is 1. The first kappa shape index (κ1) is 21.3. The van der Waals surface area contributed by atoms with E-state index in [1.165, 1.54) is 0 Å². The Bertz CT molecular complexity index is 944. The molecule has 0 radical (unpaired) electrons. The van der Waals surface area contributed by atoms with E-state index in [0.29, 0.717) is 29.0 Å². The molecule has 8 nitrogen and oxygen atoms in total. The van der Waals surface area contributed by atoms with Crippen LogP contribution in [0.5, 0.6) is 11.5 Å². The molecule has 0 bridgehead atoms. The number of methoxy groups -OCH3 is 2. The smallest absolute Gasteiger partial charge is 0.225 e. The second-order valence-corrected chi connectivity index (χ2v) is 7.11. The second kappa shape index (κ2) is 9.89. The summed E-state index contributed by atoms with van der Waals surface area (Å²) in [6.07, 6.45) is 3.46. The second-order valence-electron chi connectivity index (χ2n) is 7.11. The number of pyridine rings is 1. The molecular formula is C22H27N5O3. The van der Waals surface area contributed by atoms with Gasteiger partial charge in [-0.3, -0.25) is 4.98 Å². The van der Waals surface area contributed by atoms with Crippen LogP contribution < -0.4 is 20.1 Å². The first-order valence-electron chi connectivity index (χ1n) is 9.69. The third-order valence-electron chi connectivity index (χ3n) is 4.62. The van der Waals surface area contributed by atoms with Crippen molar-refractivity contribution in [2.75, 3.05) is 31.5 Å². The predicted molar refractivity (Wildman–Crippen MR) is 117 cm³/mol. The first-order chi connectivity index (χ1) is 14.5. The van der Waals surface area contributed by atoms with E-state index in [4.69, 9.17) is 9.47 Å². The Balaban J connectivity index is 1.99. The van der Waals surface area contributed by atoms with E-state index >= 15 is 0 Å². The van der Waals surface area contributed by atoms with Crippen LogP contribution in [0, 0.1) is 5.92 Å². The van der Waals surface area contributed by atoms with Crippen LogP contribution in [-0.4, -0.2) is 46.9 Å². The van der Waals surface area contributed by atoms with Crippen molar-refractivity contribution in [1.29, 1.82) is 0 Å². The molecule has 0 saturated heterocycles. The molecule has 0 fully saturated rings. The van der Waals surface area contributed by atoms with Crippen LogP contribution in [0.15, 0.2) is 48.8 Å². The molecule has 3 N–H and O–H groups in total. The van der Waals surface area contributed by atoms with Crippen LogP contribution in [0.3, 0.4) is 0 Å². The van der Waals surface area contributed by atoms with Crippen LogP contribution in [0.4, 0.5) is 17.5 Å². The molecule has 0 amide bonds. The van der Waals surface area contributed by atoms with Crippen molar-refractivity contribution >= 4 is 17.5 Å². The van der Waals surface area contributed by atoms with Gasteiger partial charge in [-0.1, -0.05) is 13.8 Å². The fraction of sp³-hybridized carbons (Fsp3) is 0.318. The largest absolute Gasteiger partial charge is 0.497 e. The molecule has 0 aliphatic heterocycles. The summed E-state index contributed by atoms with van der Waals surface area (Å²) < 4.78 is 10.7. The van der Waals surface area contributed by atoms with Crippen molar-refractivity contribution in [3.8, 4) is 22.8 Å². The molecule has 0 spiro atoms. The molecule has 0 unspecified atom stereocenters. The van der Waals surface area contributed by atoms with Crippen molar-refractivity contribution < 1.29 is 14.6 Å². The maximum Gasteiger partial charge on any atom is 0.225 e. The fourth-order valence-electron chi connectivity index (χ4n) is 2.85. The van der Waals surface area contributed by atoms with Crippen LogP contribution in [0.2, 0.25) is 0 Å².